The molecule has 3 rings (SSSR count). The Bertz CT molecular complexity index is 1160. The second kappa shape index (κ2) is 7.67. The van der Waals surface area contributed by atoms with Crippen molar-refractivity contribution in [3.8, 4) is 0 Å². The van der Waals surface area contributed by atoms with Gasteiger partial charge in [-0.15, -0.1) is 0 Å². The minimum Gasteiger partial charge on any atom is -0.207 e. The van der Waals surface area contributed by atoms with E-state index in [0.717, 1.165) is 20.7 Å². The Morgan fingerprint density at radius 1 is 0.759 bits per heavy atom. The number of halogens is 4. The number of hydrogen-bond donors (Lipinski definition) is 0. The van der Waals surface area contributed by atoms with E-state index in [9.17, 15) is 34.4 Å². The number of hydrogen-bond acceptors (Lipinski definition) is 4. The summed E-state index contributed by atoms with van der Waals surface area (Å²) in [4.78, 5) is -0.916. The first-order valence-corrected chi connectivity index (χ1v) is 11.2. The molecule has 29 heavy (non-hydrogen) atoms. The fourth-order valence-electron chi connectivity index (χ4n) is 3.04. The van der Waals surface area contributed by atoms with Crippen molar-refractivity contribution in [3.63, 3.8) is 0 Å². The van der Waals surface area contributed by atoms with Crippen molar-refractivity contribution in [2.45, 2.75) is 22.8 Å². The third kappa shape index (κ3) is 4.02. The molecular weight excluding hydrogens is 436 g/mol. The molecule has 1 atom stereocenters. The normalized spacial score (nSPS) is 19.4. The monoisotopic (exact) mass is 452 g/mol. The van der Waals surface area contributed by atoms with E-state index in [1.807, 2.05) is 0 Å². The highest BCUT2D eigenvalue weighted by atomic mass is 32.2. The molecular formula is C17H16F4N2O4S2. The van der Waals surface area contributed by atoms with Gasteiger partial charge in [-0.25, -0.2) is 34.4 Å². The molecule has 1 unspecified atom stereocenters. The highest BCUT2D eigenvalue weighted by Gasteiger charge is 2.38. The maximum atomic E-state index is 13.4. The van der Waals surface area contributed by atoms with Crippen LogP contribution in [0.5, 0.6) is 0 Å². The standard InChI is InChI=1S/C17H16F4N2O4S2/c1-11-10-22(28(24,25)12-2-4-14(18)16(20)8-12)6-7-23(11)29(26,27)13-3-5-15(19)17(21)9-13/h2-5,8-9,11H,6-7,10H2,1H3. The lowest BCUT2D eigenvalue weighted by Crippen LogP contribution is -2.55. The largest absolute Gasteiger partial charge is 0.243 e. The average molecular weight is 452 g/mol. The summed E-state index contributed by atoms with van der Waals surface area (Å²) >= 11 is 0. The smallest absolute Gasteiger partial charge is 0.207 e. The van der Waals surface area contributed by atoms with Crippen LogP contribution in [0, 0.1) is 23.3 Å². The van der Waals surface area contributed by atoms with E-state index in [4.69, 9.17) is 0 Å². The summed E-state index contributed by atoms with van der Waals surface area (Å²) in [6, 6.07) is 3.49. The van der Waals surface area contributed by atoms with Crippen molar-refractivity contribution < 1.29 is 34.4 Å². The lowest BCUT2D eigenvalue weighted by atomic mass is 10.3. The van der Waals surface area contributed by atoms with Gasteiger partial charge in [0.2, 0.25) is 20.0 Å². The van der Waals surface area contributed by atoms with E-state index in [1.165, 1.54) is 6.92 Å². The molecule has 1 saturated heterocycles. The summed E-state index contributed by atoms with van der Waals surface area (Å²) in [7, 11) is -8.39. The van der Waals surface area contributed by atoms with E-state index in [-0.39, 0.29) is 19.6 Å². The molecule has 2 aromatic rings. The van der Waals surface area contributed by atoms with Crippen molar-refractivity contribution in [2.24, 2.45) is 0 Å². The molecule has 158 valence electrons. The molecule has 1 fully saturated rings. The summed E-state index contributed by atoms with van der Waals surface area (Å²) < 4.78 is 106. The molecule has 0 spiro atoms. The van der Waals surface area contributed by atoms with E-state index < -0.39 is 59.1 Å². The van der Waals surface area contributed by atoms with Gasteiger partial charge in [-0.2, -0.15) is 8.61 Å². The van der Waals surface area contributed by atoms with Crippen LogP contribution in [0.1, 0.15) is 6.92 Å². The van der Waals surface area contributed by atoms with Gasteiger partial charge in [-0.3, -0.25) is 0 Å². The van der Waals surface area contributed by atoms with Gasteiger partial charge in [0.1, 0.15) is 0 Å². The molecule has 2 aromatic carbocycles. The van der Waals surface area contributed by atoms with Crippen LogP contribution in [-0.2, 0) is 20.0 Å². The Morgan fingerprint density at radius 2 is 1.24 bits per heavy atom. The summed E-state index contributed by atoms with van der Waals surface area (Å²) in [5.74, 6) is -5.03. The molecule has 0 amide bonds. The van der Waals surface area contributed by atoms with Crippen LogP contribution in [0.2, 0.25) is 0 Å². The van der Waals surface area contributed by atoms with Gasteiger partial charge in [0.15, 0.2) is 23.3 Å². The molecule has 6 nitrogen and oxygen atoms in total. The Balaban J connectivity index is 1.84. The zero-order chi connectivity index (χ0) is 21.6. The summed E-state index contributed by atoms with van der Waals surface area (Å²) in [6.45, 7) is 0.675. The third-order valence-corrected chi connectivity index (χ3v) is 8.43. The first-order valence-electron chi connectivity index (χ1n) is 8.36. The van der Waals surface area contributed by atoms with Crippen LogP contribution in [0.25, 0.3) is 0 Å². The van der Waals surface area contributed by atoms with Crippen LogP contribution in [0.15, 0.2) is 46.2 Å². The zero-order valence-electron chi connectivity index (χ0n) is 15.0. The maximum absolute atomic E-state index is 13.4. The number of nitrogens with zero attached hydrogens (tertiary/aromatic N) is 2. The minimum absolute atomic E-state index is 0.255. The van der Waals surface area contributed by atoms with Gasteiger partial charge in [-0.1, -0.05) is 0 Å². The quantitative estimate of drug-likeness (QED) is 0.668. The van der Waals surface area contributed by atoms with E-state index in [0.29, 0.717) is 24.3 Å². The van der Waals surface area contributed by atoms with Crippen molar-refractivity contribution in [2.75, 3.05) is 19.6 Å². The predicted molar refractivity (Wildman–Crippen MR) is 94.8 cm³/mol. The number of sulfonamides is 2. The second-order valence-electron chi connectivity index (χ2n) is 6.48. The maximum Gasteiger partial charge on any atom is 0.243 e. The molecule has 0 bridgehead atoms. The van der Waals surface area contributed by atoms with Gasteiger partial charge >= 0.3 is 0 Å². The highest BCUT2D eigenvalue weighted by molar-refractivity contribution is 7.89. The van der Waals surface area contributed by atoms with Gasteiger partial charge in [0.05, 0.1) is 9.79 Å². The molecule has 12 heteroatoms. The Kier molecular flexibility index (Phi) is 5.73. The third-order valence-electron chi connectivity index (χ3n) is 4.56. The molecule has 0 aromatic heterocycles. The topological polar surface area (TPSA) is 74.8 Å². The van der Waals surface area contributed by atoms with Gasteiger partial charge < -0.3 is 0 Å². The molecule has 1 heterocycles. The molecule has 0 radical (unpaired) electrons. The Hall–Kier alpha value is -2.02. The van der Waals surface area contributed by atoms with Crippen molar-refractivity contribution in [1.29, 1.82) is 0 Å². The molecule has 0 N–H and O–H groups in total. The Labute approximate surface area is 165 Å². The second-order valence-corrected chi connectivity index (χ2v) is 10.3. The van der Waals surface area contributed by atoms with Gasteiger partial charge in [-0.05, 0) is 43.3 Å². The molecule has 0 aliphatic carbocycles. The number of benzene rings is 2. The zero-order valence-corrected chi connectivity index (χ0v) is 16.7. The van der Waals surface area contributed by atoms with Gasteiger partial charge in [0, 0.05) is 25.7 Å². The van der Waals surface area contributed by atoms with Crippen molar-refractivity contribution in [1.82, 2.24) is 8.61 Å². The summed E-state index contributed by atoms with van der Waals surface area (Å²) in [5.41, 5.74) is 0. The summed E-state index contributed by atoms with van der Waals surface area (Å²) in [5, 5.41) is 0. The first-order chi connectivity index (χ1) is 13.4. The van der Waals surface area contributed by atoms with Crippen LogP contribution in [0.4, 0.5) is 17.6 Å². The minimum atomic E-state index is -4.20. The number of rotatable bonds is 4. The SMILES string of the molecule is CC1CN(S(=O)(=O)c2ccc(F)c(F)c2)CCN1S(=O)(=O)c1ccc(F)c(F)c1. The number of piperazine rings is 1. The predicted octanol–water partition coefficient (Wildman–Crippen LogP) is 2.33. The fraction of sp³-hybridized carbons (Fsp3) is 0.294. The fourth-order valence-corrected chi connectivity index (χ4v) is 6.19. The summed E-state index contributed by atoms with van der Waals surface area (Å²) in [6.07, 6.45) is 0. The lowest BCUT2D eigenvalue weighted by molar-refractivity contribution is 0.212. The van der Waals surface area contributed by atoms with Crippen molar-refractivity contribution >= 4 is 20.0 Å². The highest BCUT2D eigenvalue weighted by Crippen LogP contribution is 2.26. The Morgan fingerprint density at radius 3 is 1.69 bits per heavy atom. The molecule has 0 saturated carbocycles. The van der Waals surface area contributed by atoms with Crippen LogP contribution in [0.3, 0.4) is 0 Å². The van der Waals surface area contributed by atoms with Crippen LogP contribution >= 0.6 is 0 Å². The molecule has 1 aliphatic rings. The molecule has 1 aliphatic heterocycles. The van der Waals surface area contributed by atoms with Crippen molar-refractivity contribution in [3.05, 3.63) is 59.7 Å². The van der Waals surface area contributed by atoms with E-state index in [2.05, 4.69) is 0 Å². The lowest BCUT2D eigenvalue weighted by Gasteiger charge is -2.38. The van der Waals surface area contributed by atoms with Crippen LogP contribution < -0.4 is 0 Å². The first kappa shape index (κ1) is 21.7. The van der Waals surface area contributed by atoms with Crippen LogP contribution in [-0.4, -0.2) is 51.1 Å². The van der Waals surface area contributed by atoms with Gasteiger partial charge in [0.25, 0.3) is 0 Å². The average Bonchev–Trinajstić information content (AvgIpc) is 2.65. The van der Waals surface area contributed by atoms with E-state index >= 15 is 0 Å². The van der Waals surface area contributed by atoms with E-state index in [1.54, 1.807) is 0 Å².